The Morgan fingerprint density at radius 1 is 1.60 bits per heavy atom. The summed E-state index contributed by atoms with van der Waals surface area (Å²) in [5.41, 5.74) is 0.623. The molecule has 0 unspecified atom stereocenters. The number of rotatable bonds is 1. The largest absolute Gasteiger partial charge is 0.293 e. The molecule has 0 saturated heterocycles. The van der Waals surface area contributed by atoms with E-state index < -0.39 is 0 Å². The fourth-order valence-electron chi connectivity index (χ4n) is 0.898. The van der Waals surface area contributed by atoms with Gasteiger partial charge in [-0.1, -0.05) is 6.08 Å². The summed E-state index contributed by atoms with van der Waals surface area (Å²) in [6, 6.07) is 0. The van der Waals surface area contributed by atoms with Gasteiger partial charge in [0.25, 0.3) is 0 Å². The first-order valence-corrected chi connectivity index (χ1v) is 3.54. The Labute approximate surface area is 60.7 Å². The van der Waals surface area contributed by atoms with E-state index in [-0.39, 0.29) is 5.78 Å². The normalized spacial score (nSPS) is 17.9. The maximum absolute atomic E-state index is 10.8. The van der Waals surface area contributed by atoms with Crippen molar-refractivity contribution in [3.8, 4) is 0 Å². The molecule has 10 heavy (non-hydrogen) atoms. The van der Waals surface area contributed by atoms with Crippen molar-refractivity contribution in [2.24, 2.45) is 4.99 Å². The molecule has 0 aromatic heterocycles. The van der Waals surface area contributed by atoms with E-state index in [0.29, 0.717) is 5.70 Å². The van der Waals surface area contributed by atoms with Crippen molar-refractivity contribution in [1.29, 1.82) is 0 Å². The second-order valence-corrected chi connectivity index (χ2v) is 2.39. The molecular formula is C8H11NO. The van der Waals surface area contributed by atoms with Crippen molar-refractivity contribution in [3.05, 3.63) is 11.8 Å². The van der Waals surface area contributed by atoms with E-state index in [2.05, 4.69) is 4.99 Å². The molecule has 1 aliphatic rings. The second-order valence-electron chi connectivity index (χ2n) is 2.39. The minimum Gasteiger partial charge on any atom is -0.293 e. The van der Waals surface area contributed by atoms with Crippen molar-refractivity contribution in [2.75, 3.05) is 0 Å². The Balaban J connectivity index is 2.70. The summed E-state index contributed by atoms with van der Waals surface area (Å²) < 4.78 is 0. The van der Waals surface area contributed by atoms with E-state index in [1.807, 2.05) is 12.3 Å². The average molecular weight is 137 g/mol. The number of ketones is 1. The lowest BCUT2D eigenvalue weighted by Crippen LogP contribution is -1.91. The Morgan fingerprint density at radius 2 is 2.40 bits per heavy atom. The third kappa shape index (κ3) is 1.79. The van der Waals surface area contributed by atoms with Crippen LogP contribution >= 0.6 is 0 Å². The zero-order valence-corrected chi connectivity index (χ0v) is 6.13. The minimum absolute atomic E-state index is 0.0677. The molecule has 0 amide bonds. The molecule has 0 aromatic carbocycles. The number of nitrogens with zero attached hydrogens (tertiary/aromatic N) is 1. The first kappa shape index (κ1) is 7.19. The molecule has 0 radical (unpaired) electrons. The molecule has 1 rings (SSSR count). The molecule has 0 spiro atoms. The van der Waals surface area contributed by atoms with Crippen LogP contribution in [0.5, 0.6) is 0 Å². The monoisotopic (exact) mass is 137 g/mol. The van der Waals surface area contributed by atoms with Crippen molar-refractivity contribution < 1.29 is 4.79 Å². The minimum atomic E-state index is 0.0677. The van der Waals surface area contributed by atoms with Crippen LogP contribution in [0, 0.1) is 0 Å². The predicted octanol–water partition coefficient (Wildman–Crippen LogP) is 1.71. The highest BCUT2D eigenvalue weighted by Crippen LogP contribution is 2.07. The van der Waals surface area contributed by atoms with Crippen LogP contribution in [0.25, 0.3) is 0 Å². The van der Waals surface area contributed by atoms with Crippen LogP contribution in [0.15, 0.2) is 16.8 Å². The van der Waals surface area contributed by atoms with Gasteiger partial charge in [0, 0.05) is 13.1 Å². The SMILES string of the molecule is CC(=O)C1=CCCCC=N1. The van der Waals surface area contributed by atoms with Gasteiger partial charge in [-0.3, -0.25) is 9.79 Å². The average Bonchev–Trinajstić information content (AvgIpc) is 2.12. The number of allylic oxidation sites excluding steroid dienone is 2. The van der Waals surface area contributed by atoms with Gasteiger partial charge in [-0.2, -0.15) is 0 Å². The molecular weight excluding hydrogens is 126 g/mol. The highest BCUT2D eigenvalue weighted by atomic mass is 16.1. The first-order chi connectivity index (χ1) is 4.80. The summed E-state index contributed by atoms with van der Waals surface area (Å²) in [6.45, 7) is 1.55. The molecule has 0 aromatic rings. The molecule has 0 bridgehead atoms. The van der Waals surface area contributed by atoms with Gasteiger partial charge in [0.2, 0.25) is 0 Å². The van der Waals surface area contributed by atoms with E-state index in [4.69, 9.17) is 0 Å². The fraction of sp³-hybridized carbons (Fsp3) is 0.500. The standard InChI is InChI=1S/C8H11NO/c1-7(10)8-5-3-2-4-6-9-8/h5-6H,2-4H2,1H3. The fourth-order valence-corrected chi connectivity index (χ4v) is 0.898. The van der Waals surface area contributed by atoms with Gasteiger partial charge in [-0.05, 0) is 19.3 Å². The Morgan fingerprint density at radius 3 is 3.10 bits per heavy atom. The third-order valence-corrected chi connectivity index (χ3v) is 1.47. The Bertz CT molecular complexity index is 191. The summed E-state index contributed by atoms with van der Waals surface area (Å²) in [7, 11) is 0. The van der Waals surface area contributed by atoms with Crippen LogP contribution in [0.1, 0.15) is 26.2 Å². The Hall–Kier alpha value is -0.920. The predicted molar refractivity (Wildman–Crippen MR) is 41.1 cm³/mol. The lowest BCUT2D eigenvalue weighted by Gasteiger charge is -1.90. The van der Waals surface area contributed by atoms with Gasteiger partial charge in [0.05, 0.1) is 0 Å². The Kier molecular flexibility index (Phi) is 2.37. The summed E-state index contributed by atoms with van der Waals surface area (Å²) in [4.78, 5) is 14.8. The maximum atomic E-state index is 10.8. The lowest BCUT2D eigenvalue weighted by molar-refractivity contribution is -0.113. The molecule has 0 saturated carbocycles. The first-order valence-electron chi connectivity index (χ1n) is 3.54. The quantitative estimate of drug-likeness (QED) is 0.541. The van der Waals surface area contributed by atoms with E-state index >= 15 is 0 Å². The topological polar surface area (TPSA) is 29.4 Å². The van der Waals surface area contributed by atoms with E-state index in [0.717, 1.165) is 19.3 Å². The number of hydrogen-bond donors (Lipinski definition) is 0. The lowest BCUT2D eigenvalue weighted by atomic mass is 10.2. The number of Topliss-reactive ketones (excluding diaryl/α,β-unsaturated/α-hetero) is 1. The summed E-state index contributed by atoms with van der Waals surface area (Å²) in [5, 5.41) is 0. The van der Waals surface area contributed by atoms with Gasteiger partial charge in [-0.15, -0.1) is 0 Å². The van der Waals surface area contributed by atoms with Gasteiger partial charge >= 0.3 is 0 Å². The van der Waals surface area contributed by atoms with Crippen LogP contribution in [-0.4, -0.2) is 12.0 Å². The zero-order valence-electron chi connectivity index (χ0n) is 6.13. The summed E-state index contributed by atoms with van der Waals surface area (Å²) in [6.07, 6.45) is 6.81. The number of carbonyl (C=O) groups is 1. The van der Waals surface area contributed by atoms with Crippen LogP contribution < -0.4 is 0 Å². The second kappa shape index (κ2) is 3.30. The van der Waals surface area contributed by atoms with Gasteiger partial charge in [0.1, 0.15) is 5.70 Å². The molecule has 0 N–H and O–H groups in total. The highest BCUT2D eigenvalue weighted by Gasteiger charge is 2.01. The highest BCUT2D eigenvalue weighted by molar-refractivity contribution is 5.94. The molecule has 1 aliphatic heterocycles. The van der Waals surface area contributed by atoms with Crippen LogP contribution in [0.3, 0.4) is 0 Å². The van der Waals surface area contributed by atoms with Crippen LogP contribution in [0.2, 0.25) is 0 Å². The summed E-state index contributed by atoms with van der Waals surface area (Å²) in [5.74, 6) is 0.0677. The molecule has 0 fully saturated rings. The smallest absolute Gasteiger partial charge is 0.177 e. The number of hydrogen-bond acceptors (Lipinski definition) is 2. The molecule has 0 aliphatic carbocycles. The maximum Gasteiger partial charge on any atom is 0.177 e. The van der Waals surface area contributed by atoms with Crippen molar-refractivity contribution >= 4 is 12.0 Å². The van der Waals surface area contributed by atoms with Gasteiger partial charge in [-0.25, -0.2) is 0 Å². The van der Waals surface area contributed by atoms with Crippen molar-refractivity contribution in [1.82, 2.24) is 0 Å². The zero-order chi connectivity index (χ0) is 7.40. The molecule has 54 valence electrons. The van der Waals surface area contributed by atoms with Crippen molar-refractivity contribution in [3.63, 3.8) is 0 Å². The van der Waals surface area contributed by atoms with Crippen LogP contribution in [0.4, 0.5) is 0 Å². The molecule has 0 atom stereocenters. The summed E-state index contributed by atoms with van der Waals surface area (Å²) >= 11 is 0. The molecule has 1 heterocycles. The van der Waals surface area contributed by atoms with Gasteiger partial charge < -0.3 is 0 Å². The van der Waals surface area contributed by atoms with Gasteiger partial charge in [0.15, 0.2) is 5.78 Å². The van der Waals surface area contributed by atoms with Crippen molar-refractivity contribution in [2.45, 2.75) is 26.2 Å². The van der Waals surface area contributed by atoms with Crippen LogP contribution in [-0.2, 0) is 4.79 Å². The van der Waals surface area contributed by atoms with E-state index in [9.17, 15) is 4.79 Å². The third-order valence-electron chi connectivity index (χ3n) is 1.47. The number of aliphatic imine (C=N–C) groups is 1. The van der Waals surface area contributed by atoms with E-state index in [1.165, 1.54) is 0 Å². The molecule has 2 heteroatoms. The number of carbonyl (C=O) groups excluding carboxylic acids is 1. The van der Waals surface area contributed by atoms with E-state index in [1.54, 1.807) is 6.92 Å². The molecule has 2 nitrogen and oxygen atoms in total.